The quantitative estimate of drug-likeness (QED) is 0.577. The summed E-state index contributed by atoms with van der Waals surface area (Å²) in [6.45, 7) is 1.94. The Kier molecular flexibility index (Phi) is 5.41. The Hall–Kier alpha value is 0.880. The molecule has 19 heavy (non-hydrogen) atoms. The van der Waals surface area contributed by atoms with Gasteiger partial charge in [0.2, 0.25) is 5.12 Å². The summed E-state index contributed by atoms with van der Waals surface area (Å²) in [5.74, 6) is 0.577. The van der Waals surface area contributed by atoms with Gasteiger partial charge in [0.25, 0.3) is 5.91 Å². The molecule has 0 radical (unpaired) electrons. The van der Waals surface area contributed by atoms with Gasteiger partial charge in [-0.05, 0) is 73.0 Å². The fourth-order valence-electron chi connectivity index (χ4n) is 1.56. The lowest BCUT2D eigenvalue weighted by molar-refractivity contribution is -0.113. The Morgan fingerprint density at radius 3 is 2.53 bits per heavy atom. The zero-order valence-electron chi connectivity index (χ0n) is 9.89. The molecule has 3 nitrogen and oxygen atoms in total. The molecule has 0 aromatic carbocycles. The SMILES string of the molecule is CCSC(=O)C1(NC(=O)c2sc(Br)c(Br)c2I)CC1. The maximum atomic E-state index is 12.3. The van der Waals surface area contributed by atoms with Crippen LogP contribution in [0.2, 0.25) is 0 Å². The average molecular weight is 539 g/mol. The normalized spacial score (nSPS) is 16.2. The van der Waals surface area contributed by atoms with Gasteiger partial charge in [0.1, 0.15) is 10.4 Å². The molecule has 1 aliphatic carbocycles. The molecule has 0 bridgehead atoms. The maximum absolute atomic E-state index is 12.3. The Labute approximate surface area is 150 Å². The van der Waals surface area contributed by atoms with E-state index in [0.717, 1.165) is 30.4 Å². The fourth-order valence-corrected chi connectivity index (χ4v) is 5.71. The third-order valence-corrected chi connectivity index (χ3v) is 9.31. The molecule has 0 unspecified atom stereocenters. The van der Waals surface area contributed by atoms with Crippen LogP contribution in [0.4, 0.5) is 0 Å². The molecule has 0 atom stereocenters. The van der Waals surface area contributed by atoms with Gasteiger partial charge in [-0.15, -0.1) is 11.3 Å². The number of carbonyl (C=O) groups is 2. The van der Waals surface area contributed by atoms with E-state index in [0.29, 0.717) is 4.88 Å². The second kappa shape index (κ2) is 6.33. The molecule has 1 amide bonds. The van der Waals surface area contributed by atoms with E-state index in [1.165, 1.54) is 23.1 Å². The molecule has 8 heteroatoms. The van der Waals surface area contributed by atoms with E-state index in [1.807, 2.05) is 6.92 Å². The first-order valence-electron chi connectivity index (χ1n) is 5.54. The lowest BCUT2D eigenvalue weighted by atomic mass is 10.3. The van der Waals surface area contributed by atoms with Crippen molar-refractivity contribution in [3.05, 3.63) is 16.7 Å². The number of thiophene rings is 1. The molecular formula is C11H10Br2INO2S2. The summed E-state index contributed by atoms with van der Waals surface area (Å²) in [6.07, 6.45) is 1.49. The number of nitrogens with one attached hydrogen (secondary N) is 1. The van der Waals surface area contributed by atoms with Gasteiger partial charge in [0.15, 0.2) is 0 Å². The maximum Gasteiger partial charge on any atom is 0.263 e. The number of hydrogen-bond donors (Lipinski definition) is 1. The van der Waals surface area contributed by atoms with Gasteiger partial charge in [0.05, 0.1) is 11.8 Å². The topological polar surface area (TPSA) is 46.2 Å². The van der Waals surface area contributed by atoms with Gasteiger partial charge in [-0.2, -0.15) is 0 Å². The van der Waals surface area contributed by atoms with Crippen LogP contribution in [0.5, 0.6) is 0 Å². The van der Waals surface area contributed by atoms with Gasteiger partial charge in [0, 0.05) is 0 Å². The summed E-state index contributed by atoms with van der Waals surface area (Å²) in [6, 6.07) is 0. The first-order chi connectivity index (χ1) is 8.91. The molecule has 0 spiro atoms. The van der Waals surface area contributed by atoms with Crippen molar-refractivity contribution in [3.63, 3.8) is 0 Å². The van der Waals surface area contributed by atoms with E-state index in [-0.39, 0.29) is 11.0 Å². The van der Waals surface area contributed by atoms with Crippen molar-refractivity contribution in [2.24, 2.45) is 0 Å². The minimum absolute atomic E-state index is 0.0769. The highest BCUT2D eigenvalue weighted by Gasteiger charge is 2.51. The van der Waals surface area contributed by atoms with E-state index in [4.69, 9.17) is 0 Å². The average Bonchev–Trinajstić information content (AvgIpc) is 3.09. The number of rotatable bonds is 4. The number of carbonyl (C=O) groups excluding carboxylic acids is 2. The van der Waals surface area contributed by atoms with Gasteiger partial charge in [-0.25, -0.2) is 0 Å². The van der Waals surface area contributed by atoms with E-state index in [9.17, 15) is 9.59 Å². The highest BCUT2D eigenvalue weighted by molar-refractivity contribution is 14.1. The van der Waals surface area contributed by atoms with Gasteiger partial charge in [-0.3, -0.25) is 9.59 Å². The molecule has 1 heterocycles. The fraction of sp³-hybridized carbons (Fsp3) is 0.455. The zero-order chi connectivity index (χ0) is 14.2. The third kappa shape index (κ3) is 3.38. The molecule has 1 aromatic heterocycles. The van der Waals surface area contributed by atoms with Crippen LogP contribution in [0, 0.1) is 3.57 Å². The molecule has 0 saturated heterocycles. The molecule has 1 aromatic rings. The van der Waals surface area contributed by atoms with Crippen molar-refractivity contribution >= 4 is 88.6 Å². The first-order valence-corrected chi connectivity index (χ1v) is 10.0. The van der Waals surface area contributed by atoms with Crippen LogP contribution in [-0.4, -0.2) is 22.3 Å². The van der Waals surface area contributed by atoms with Crippen LogP contribution >= 0.6 is 77.5 Å². The minimum atomic E-state index is -0.621. The number of thioether (sulfide) groups is 1. The highest BCUT2D eigenvalue weighted by atomic mass is 127. The van der Waals surface area contributed by atoms with Crippen LogP contribution in [0.25, 0.3) is 0 Å². The van der Waals surface area contributed by atoms with Crippen LogP contribution in [0.3, 0.4) is 0 Å². The van der Waals surface area contributed by atoms with Gasteiger partial charge < -0.3 is 5.32 Å². The van der Waals surface area contributed by atoms with Crippen LogP contribution in [0.15, 0.2) is 8.26 Å². The summed E-state index contributed by atoms with van der Waals surface area (Å²) in [5.41, 5.74) is -0.621. The summed E-state index contributed by atoms with van der Waals surface area (Å²) in [4.78, 5) is 24.9. The molecule has 104 valence electrons. The van der Waals surface area contributed by atoms with Crippen LogP contribution in [0.1, 0.15) is 29.4 Å². The Balaban J connectivity index is 2.13. The number of halogens is 3. The number of hydrogen-bond acceptors (Lipinski definition) is 4. The van der Waals surface area contributed by atoms with Crippen molar-refractivity contribution in [3.8, 4) is 0 Å². The van der Waals surface area contributed by atoms with Crippen molar-refractivity contribution in [1.29, 1.82) is 0 Å². The highest BCUT2D eigenvalue weighted by Crippen LogP contribution is 2.42. The summed E-state index contributed by atoms with van der Waals surface area (Å²) >= 11 is 11.6. The van der Waals surface area contributed by atoms with E-state index in [2.05, 4.69) is 59.8 Å². The third-order valence-electron chi connectivity index (χ3n) is 2.73. The molecule has 1 N–H and O–H groups in total. The molecule has 1 fully saturated rings. The first kappa shape index (κ1) is 16.3. The molecule has 1 aliphatic rings. The largest absolute Gasteiger partial charge is 0.338 e. The van der Waals surface area contributed by atoms with Crippen LogP contribution < -0.4 is 5.32 Å². The van der Waals surface area contributed by atoms with Crippen molar-refractivity contribution in [2.45, 2.75) is 25.3 Å². The monoisotopic (exact) mass is 537 g/mol. The lowest BCUT2D eigenvalue weighted by Gasteiger charge is -2.14. The summed E-state index contributed by atoms with van der Waals surface area (Å²) in [5, 5.41) is 2.98. The zero-order valence-corrected chi connectivity index (χ0v) is 16.9. The van der Waals surface area contributed by atoms with Crippen molar-refractivity contribution in [1.82, 2.24) is 5.32 Å². The molecule has 0 aliphatic heterocycles. The predicted molar refractivity (Wildman–Crippen MR) is 95.0 cm³/mol. The van der Waals surface area contributed by atoms with Crippen molar-refractivity contribution < 1.29 is 9.59 Å². The smallest absolute Gasteiger partial charge is 0.263 e. The van der Waals surface area contributed by atoms with Crippen molar-refractivity contribution in [2.75, 3.05) is 5.75 Å². The van der Waals surface area contributed by atoms with Gasteiger partial charge >= 0.3 is 0 Å². The van der Waals surface area contributed by atoms with E-state index < -0.39 is 5.54 Å². The Morgan fingerprint density at radius 2 is 2.11 bits per heavy atom. The molecule has 2 rings (SSSR count). The number of amides is 1. The summed E-state index contributed by atoms with van der Waals surface area (Å²) in [7, 11) is 0. The molecule has 1 saturated carbocycles. The molecular weight excluding hydrogens is 529 g/mol. The second-order valence-corrected chi connectivity index (χ2v) is 9.54. The predicted octanol–water partition coefficient (Wildman–Crippen LogP) is 4.42. The van der Waals surface area contributed by atoms with Gasteiger partial charge in [-0.1, -0.05) is 18.7 Å². The second-order valence-electron chi connectivity index (χ2n) is 4.09. The van der Waals surface area contributed by atoms with E-state index >= 15 is 0 Å². The minimum Gasteiger partial charge on any atom is -0.338 e. The van der Waals surface area contributed by atoms with E-state index in [1.54, 1.807) is 0 Å². The summed E-state index contributed by atoms with van der Waals surface area (Å²) < 4.78 is 2.65. The Morgan fingerprint density at radius 1 is 1.47 bits per heavy atom. The standard InChI is InChI=1S/C11H10Br2INO2S2/c1-2-18-10(17)11(3-4-11)15-9(16)7-6(14)5(12)8(13)19-7/h2-4H2,1H3,(H,15,16). The lowest BCUT2D eigenvalue weighted by Crippen LogP contribution is -2.42. The van der Waals surface area contributed by atoms with Crippen LogP contribution in [-0.2, 0) is 4.79 Å². The Bertz CT molecular complexity index is 543.